The summed E-state index contributed by atoms with van der Waals surface area (Å²) in [6.45, 7) is 4.22. The molecule has 0 radical (unpaired) electrons. The van der Waals surface area contributed by atoms with E-state index in [1.807, 2.05) is 26.0 Å². The lowest BCUT2D eigenvalue weighted by atomic mass is 10.2. The van der Waals surface area contributed by atoms with Crippen molar-refractivity contribution in [2.75, 3.05) is 4.72 Å². The third-order valence-corrected chi connectivity index (χ3v) is 9.08. The van der Waals surface area contributed by atoms with Crippen molar-refractivity contribution < 1.29 is 8.42 Å². The fourth-order valence-electron chi connectivity index (χ4n) is 3.94. The van der Waals surface area contributed by atoms with Gasteiger partial charge in [0.2, 0.25) is 0 Å². The third-order valence-electron chi connectivity index (χ3n) is 5.59. The Bertz CT molecular complexity index is 1800. The molecule has 180 valence electrons. The number of hydrogen-bond acceptors (Lipinski definition) is 6. The highest BCUT2D eigenvalue weighted by molar-refractivity contribution is 7.92. The van der Waals surface area contributed by atoms with E-state index >= 15 is 0 Å². The van der Waals surface area contributed by atoms with E-state index in [1.165, 1.54) is 12.1 Å². The topological polar surface area (TPSA) is 90.2 Å². The van der Waals surface area contributed by atoms with Crippen LogP contribution in [-0.2, 0) is 16.6 Å². The molecule has 0 saturated carbocycles. The molecule has 1 N–H and O–H groups in total. The van der Waals surface area contributed by atoms with Crippen molar-refractivity contribution in [1.29, 1.82) is 0 Å². The number of aromatic nitrogens is 2. The van der Waals surface area contributed by atoms with Crippen LogP contribution < -0.4 is 14.5 Å². The van der Waals surface area contributed by atoms with Crippen molar-refractivity contribution in [2.45, 2.75) is 31.3 Å². The van der Waals surface area contributed by atoms with Crippen LogP contribution >= 0.6 is 34.3 Å². The Morgan fingerprint density at radius 2 is 1.54 bits per heavy atom. The summed E-state index contributed by atoms with van der Waals surface area (Å²) in [5.74, 6) is 0. The van der Waals surface area contributed by atoms with Crippen molar-refractivity contribution in [1.82, 2.24) is 9.13 Å². The number of rotatable bonds is 6. The van der Waals surface area contributed by atoms with Crippen molar-refractivity contribution in [3.63, 3.8) is 0 Å². The van der Waals surface area contributed by atoms with Gasteiger partial charge in [-0.2, -0.15) is 0 Å². The van der Waals surface area contributed by atoms with Crippen LogP contribution in [0.1, 0.15) is 25.5 Å². The highest BCUT2D eigenvalue weighted by Gasteiger charge is 2.18. The number of thiazole rings is 2. The minimum atomic E-state index is -3.91. The number of fused-ring (bicyclic) bond motifs is 2. The Balaban J connectivity index is 1.46. The van der Waals surface area contributed by atoms with Crippen molar-refractivity contribution in [3.8, 4) is 0 Å². The summed E-state index contributed by atoms with van der Waals surface area (Å²) in [5, 5.41) is 0.615. The van der Waals surface area contributed by atoms with Gasteiger partial charge in [-0.05, 0) is 67.9 Å². The van der Waals surface area contributed by atoms with Crippen LogP contribution in [0.15, 0.2) is 75.1 Å². The van der Waals surface area contributed by atoms with Crippen molar-refractivity contribution in [3.05, 3.63) is 90.6 Å². The second-order valence-corrected chi connectivity index (χ2v) is 12.4. The molecular weight excluding hydrogens is 526 g/mol. The molecule has 0 unspecified atom stereocenters. The zero-order valence-corrected chi connectivity index (χ0v) is 21.9. The van der Waals surface area contributed by atoms with Gasteiger partial charge in [-0.15, -0.1) is 0 Å². The molecule has 7 nitrogen and oxygen atoms in total. The van der Waals surface area contributed by atoms with E-state index in [4.69, 9.17) is 11.6 Å². The highest BCUT2D eigenvalue weighted by atomic mass is 35.5. The monoisotopic (exact) mass is 545 g/mol. The maximum atomic E-state index is 13.1. The summed E-state index contributed by atoms with van der Waals surface area (Å²) in [6.07, 6.45) is 0. The molecule has 5 aromatic rings. The summed E-state index contributed by atoms with van der Waals surface area (Å²) in [5.41, 5.74) is 2.71. The lowest BCUT2D eigenvalue weighted by Crippen LogP contribution is -2.15. The Morgan fingerprint density at radius 3 is 2.26 bits per heavy atom. The molecule has 3 aromatic carbocycles. The Kier molecular flexibility index (Phi) is 6.08. The maximum absolute atomic E-state index is 13.1. The second kappa shape index (κ2) is 8.94. The molecule has 0 fully saturated rings. The summed E-state index contributed by atoms with van der Waals surface area (Å²) in [4.78, 5) is 24.7. The lowest BCUT2D eigenvalue weighted by Gasteiger charge is -2.10. The average molecular weight is 546 g/mol. The van der Waals surface area contributed by atoms with E-state index in [1.54, 1.807) is 45.5 Å². The van der Waals surface area contributed by atoms with Gasteiger partial charge in [0.1, 0.15) is 0 Å². The number of anilines is 1. The first kappa shape index (κ1) is 23.8. The van der Waals surface area contributed by atoms with E-state index in [0.717, 1.165) is 33.8 Å². The van der Waals surface area contributed by atoms with Gasteiger partial charge in [-0.3, -0.25) is 23.4 Å². The molecule has 0 aliphatic heterocycles. The van der Waals surface area contributed by atoms with Gasteiger partial charge in [-0.25, -0.2) is 8.42 Å². The molecular formula is C24H20ClN3O4S3. The van der Waals surface area contributed by atoms with E-state index in [0.29, 0.717) is 32.2 Å². The van der Waals surface area contributed by atoms with E-state index in [-0.39, 0.29) is 20.7 Å². The molecule has 0 aliphatic carbocycles. The van der Waals surface area contributed by atoms with Gasteiger partial charge >= 0.3 is 9.75 Å². The fraction of sp³-hybridized carbons (Fsp3) is 0.167. The van der Waals surface area contributed by atoms with Crippen molar-refractivity contribution >= 4 is 70.4 Å². The number of hydrogen-bond donors (Lipinski definition) is 1. The van der Waals surface area contributed by atoms with Crippen LogP contribution in [0.4, 0.5) is 5.69 Å². The van der Waals surface area contributed by atoms with Gasteiger partial charge in [0.25, 0.3) is 10.0 Å². The minimum absolute atomic E-state index is 0.00433. The predicted molar refractivity (Wildman–Crippen MR) is 144 cm³/mol. The summed E-state index contributed by atoms with van der Waals surface area (Å²) in [7, 11) is -3.91. The molecule has 0 spiro atoms. The molecule has 2 aromatic heterocycles. The number of sulfonamides is 1. The van der Waals surface area contributed by atoms with Gasteiger partial charge in [-0.1, -0.05) is 46.4 Å². The quantitative estimate of drug-likeness (QED) is 0.304. The summed E-state index contributed by atoms with van der Waals surface area (Å²) >= 11 is 8.02. The Morgan fingerprint density at radius 1 is 0.886 bits per heavy atom. The van der Waals surface area contributed by atoms with Gasteiger partial charge in [0, 0.05) is 11.1 Å². The molecule has 0 atom stereocenters. The van der Waals surface area contributed by atoms with Crippen LogP contribution in [0.25, 0.3) is 20.4 Å². The first-order valence-electron chi connectivity index (χ1n) is 10.7. The smallest absolute Gasteiger partial charge is 0.296 e. The molecule has 35 heavy (non-hydrogen) atoms. The summed E-state index contributed by atoms with van der Waals surface area (Å²) in [6, 6.07) is 16.9. The molecule has 0 bridgehead atoms. The highest BCUT2D eigenvalue weighted by Crippen LogP contribution is 2.27. The van der Waals surface area contributed by atoms with E-state index in [9.17, 15) is 18.0 Å². The van der Waals surface area contributed by atoms with Gasteiger partial charge in [0.05, 0.1) is 37.6 Å². The SMILES string of the molecule is CC(C)n1c(=O)sc2cc(NS(=O)(=O)c3ccc4c(c3)sc(=O)n4Cc3ccc(Cl)cc3)ccc21. The standard InChI is InChI=1S/C24H20ClN3O4S3/c1-14(2)28-20-9-7-17(11-21(20)34-24(28)30)26-35(31,32)18-8-10-19-22(12-18)33-23(29)27(19)13-15-3-5-16(25)6-4-15/h3-12,14,26H,13H2,1-2H3. The van der Waals surface area contributed by atoms with Crippen molar-refractivity contribution in [2.24, 2.45) is 0 Å². The van der Waals surface area contributed by atoms with Crippen LogP contribution in [0, 0.1) is 0 Å². The second-order valence-electron chi connectivity index (χ2n) is 8.33. The molecule has 0 amide bonds. The lowest BCUT2D eigenvalue weighted by molar-refractivity contribution is 0.601. The minimum Gasteiger partial charge on any atom is -0.296 e. The normalized spacial score (nSPS) is 12.1. The zero-order valence-electron chi connectivity index (χ0n) is 18.7. The Labute approximate surface area is 213 Å². The van der Waals surface area contributed by atoms with Gasteiger partial charge in [0.15, 0.2) is 0 Å². The zero-order chi connectivity index (χ0) is 24.9. The number of nitrogens with one attached hydrogen (secondary N) is 1. The Hall–Kier alpha value is -2.92. The first-order chi connectivity index (χ1) is 16.6. The number of nitrogens with zero attached hydrogens (tertiary/aromatic N) is 2. The fourth-order valence-corrected chi connectivity index (χ4v) is 7.20. The largest absolute Gasteiger partial charge is 0.308 e. The molecule has 2 heterocycles. The predicted octanol–water partition coefficient (Wildman–Crippen LogP) is 5.52. The first-order valence-corrected chi connectivity index (χ1v) is 14.2. The molecule has 0 saturated heterocycles. The summed E-state index contributed by atoms with van der Waals surface area (Å²) < 4.78 is 33.4. The van der Waals surface area contributed by atoms with E-state index < -0.39 is 10.0 Å². The van der Waals surface area contributed by atoms with Crippen LogP contribution in [0.3, 0.4) is 0 Å². The van der Waals surface area contributed by atoms with Gasteiger partial charge < -0.3 is 0 Å². The van der Waals surface area contributed by atoms with E-state index in [2.05, 4.69) is 4.72 Å². The molecule has 0 aliphatic rings. The number of benzene rings is 3. The molecule has 11 heteroatoms. The van der Waals surface area contributed by atoms with Crippen LogP contribution in [0.5, 0.6) is 0 Å². The molecule has 5 rings (SSSR count). The van der Waals surface area contributed by atoms with Crippen LogP contribution in [0.2, 0.25) is 5.02 Å². The average Bonchev–Trinajstić information content (AvgIpc) is 3.29. The van der Waals surface area contributed by atoms with Crippen LogP contribution in [-0.4, -0.2) is 17.6 Å². The third kappa shape index (κ3) is 4.54. The maximum Gasteiger partial charge on any atom is 0.308 e. The number of halogens is 1.